The van der Waals surface area contributed by atoms with Gasteiger partial charge in [-0.05, 0) is 33.3 Å². The number of amides is 2. The molecule has 5 heteroatoms. The number of benzene rings is 1. The maximum Gasteiger partial charge on any atom is 0.315 e. The van der Waals surface area contributed by atoms with E-state index >= 15 is 0 Å². The maximum absolute atomic E-state index is 11.9. The van der Waals surface area contributed by atoms with Crippen molar-refractivity contribution in [3.63, 3.8) is 0 Å². The molecule has 0 bridgehead atoms. The lowest BCUT2D eigenvalue weighted by Gasteiger charge is -2.16. The number of aromatic nitrogens is 1. The molecule has 112 valence electrons. The fraction of sp³-hybridized carbons (Fsp3) is 0.375. The molecule has 1 aromatic carbocycles. The number of hydrogen-bond acceptors (Lipinski definition) is 3. The number of hydrogen-bond donors (Lipinski definition) is 2. The number of urea groups is 1. The standard InChI is InChI=1S/C16H21N3O2/c1-10-5-11(2)7-14(6-10)13(4)18-16(20)17-9-15-8-12(3)19-21-15/h5-8,13H,9H2,1-4H3,(H2,17,18,20)/t13-/m0/s1. The summed E-state index contributed by atoms with van der Waals surface area (Å²) in [6, 6.07) is 7.79. The van der Waals surface area contributed by atoms with Crippen molar-refractivity contribution in [2.24, 2.45) is 0 Å². The van der Waals surface area contributed by atoms with Crippen molar-refractivity contribution < 1.29 is 9.32 Å². The lowest BCUT2D eigenvalue weighted by molar-refractivity contribution is 0.236. The van der Waals surface area contributed by atoms with Crippen LogP contribution >= 0.6 is 0 Å². The lowest BCUT2D eigenvalue weighted by Crippen LogP contribution is -2.36. The monoisotopic (exact) mass is 287 g/mol. The van der Waals surface area contributed by atoms with E-state index in [0.717, 1.165) is 11.3 Å². The average Bonchev–Trinajstić information content (AvgIpc) is 2.81. The lowest BCUT2D eigenvalue weighted by atomic mass is 10.0. The van der Waals surface area contributed by atoms with Gasteiger partial charge in [0.05, 0.1) is 18.3 Å². The molecule has 0 aliphatic rings. The summed E-state index contributed by atoms with van der Waals surface area (Å²) in [5, 5.41) is 9.45. The molecular weight excluding hydrogens is 266 g/mol. The third-order valence-corrected chi connectivity index (χ3v) is 3.19. The second-order valence-corrected chi connectivity index (χ2v) is 5.40. The van der Waals surface area contributed by atoms with E-state index in [1.165, 1.54) is 11.1 Å². The van der Waals surface area contributed by atoms with Gasteiger partial charge in [-0.2, -0.15) is 0 Å². The van der Waals surface area contributed by atoms with Crippen LogP contribution < -0.4 is 10.6 Å². The summed E-state index contributed by atoms with van der Waals surface area (Å²) in [6.45, 7) is 8.24. The molecule has 0 saturated heterocycles. The molecule has 2 aromatic rings. The van der Waals surface area contributed by atoms with Gasteiger partial charge in [-0.15, -0.1) is 0 Å². The van der Waals surface area contributed by atoms with Crippen molar-refractivity contribution >= 4 is 6.03 Å². The molecule has 1 aromatic heterocycles. The topological polar surface area (TPSA) is 67.2 Å². The molecule has 2 rings (SSSR count). The van der Waals surface area contributed by atoms with E-state index in [1.807, 2.05) is 13.8 Å². The van der Waals surface area contributed by atoms with Crippen LogP contribution in [0.15, 0.2) is 28.8 Å². The van der Waals surface area contributed by atoms with Crippen molar-refractivity contribution in [1.82, 2.24) is 15.8 Å². The van der Waals surface area contributed by atoms with Crippen molar-refractivity contribution in [1.29, 1.82) is 0 Å². The van der Waals surface area contributed by atoms with Gasteiger partial charge in [-0.25, -0.2) is 4.79 Å². The first-order valence-electron chi connectivity index (χ1n) is 6.99. The van der Waals surface area contributed by atoms with E-state index < -0.39 is 0 Å². The number of nitrogens with one attached hydrogen (secondary N) is 2. The number of aryl methyl sites for hydroxylation is 3. The molecule has 5 nitrogen and oxygen atoms in total. The first-order chi connectivity index (χ1) is 9.94. The maximum atomic E-state index is 11.9. The highest BCUT2D eigenvalue weighted by Crippen LogP contribution is 2.16. The summed E-state index contributed by atoms with van der Waals surface area (Å²) in [5.74, 6) is 0.640. The van der Waals surface area contributed by atoms with Crippen LogP contribution in [0.3, 0.4) is 0 Å². The predicted molar refractivity (Wildman–Crippen MR) is 80.9 cm³/mol. The Hall–Kier alpha value is -2.30. The van der Waals surface area contributed by atoms with Gasteiger partial charge in [-0.3, -0.25) is 0 Å². The zero-order valence-corrected chi connectivity index (χ0v) is 12.9. The van der Waals surface area contributed by atoms with Gasteiger partial charge in [-0.1, -0.05) is 34.5 Å². The normalized spacial score (nSPS) is 12.0. The van der Waals surface area contributed by atoms with E-state index in [0.29, 0.717) is 12.3 Å². The predicted octanol–water partition coefficient (Wildman–Crippen LogP) is 3.16. The van der Waals surface area contributed by atoms with Gasteiger partial charge in [0.2, 0.25) is 0 Å². The van der Waals surface area contributed by atoms with Crippen LogP contribution in [-0.4, -0.2) is 11.2 Å². The summed E-state index contributed by atoms with van der Waals surface area (Å²) in [7, 11) is 0. The minimum absolute atomic E-state index is 0.0555. The minimum Gasteiger partial charge on any atom is -0.359 e. The smallest absolute Gasteiger partial charge is 0.315 e. The molecule has 0 aliphatic carbocycles. The molecule has 1 atom stereocenters. The van der Waals surface area contributed by atoms with E-state index in [1.54, 1.807) is 6.07 Å². The number of nitrogens with zero attached hydrogens (tertiary/aromatic N) is 1. The zero-order chi connectivity index (χ0) is 15.4. The summed E-state index contributed by atoms with van der Waals surface area (Å²) in [5.41, 5.74) is 4.28. The van der Waals surface area contributed by atoms with Crippen LogP contribution in [0.1, 0.15) is 41.1 Å². The van der Waals surface area contributed by atoms with Gasteiger partial charge >= 0.3 is 6.03 Å². The van der Waals surface area contributed by atoms with Crippen LogP contribution in [-0.2, 0) is 6.54 Å². The van der Waals surface area contributed by atoms with Crippen LogP contribution in [0, 0.1) is 20.8 Å². The van der Waals surface area contributed by atoms with Gasteiger partial charge in [0.1, 0.15) is 0 Å². The van der Waals surface area contributed by atoms with E-state index in [-0.39, 0.29) is 12.1 Å². The Morgan fingerprint density at radius 3 is 2.43 bits per heavy atom. The highest BCUT2D eigenvalue weighted by Gasteiger charge is 2.10. The van der Waals surface area contributed by atoms with Crippen molar-refractivity contribution in [3.8, 4) is 0 Å². The Kier molecular flexibility index (Phi) is 4.62. The summed E-state index contributed by atoms with van der Waals surface area (Å²) >= 11 is 0. The van der Waals surface area contributed by atoms with Crippen molar-refractivity contribution in [2.75, 3.05) is 0 Å². The van der Waals surface area contributed by atoms with Crippen LogP contribution in [0.4, 0.5) is 4.79 Å². The fourth-order valence-corrected chi connectivity index (χ4v) is 2.26. The Balaban J connectivity index is 1.89. The third kappa shape index (κ3) is 4.34. The van der Waals surface area contributed by atoms with Gasteiger partial charge in [0.15, 0.2) is 5.76 Å². The molecule has 2 N–H and O–H groups in total. The quantitative estimate of drug-likeness (QED) is 0.907. The largest absolute Gasteiger partial charge is 0.359 e. The molecule has 0 spiro atoms. The molecule has 0 radical (unpaired) electrons. The summed E-state index contributed by atoms with van der Waals surface area (Å²) in [4.78, 5) is 11.9. The number of carbonyl (C=O) groups is 1. The molecule has 0 saturated carbocycles. The second-order valence-electron chi connectivity index (χ2n) is 5.40. The molecule has 21 heavy (non-hydrogen) atoms. The van der Waals surface area contributed by atoms with E-state index in [2.05, 4.69) is 47.8 Å². The Morgan fingerprint density at radius 2 is 1.86 bits per heavy atom. The van der Waals surface area contributed by atoms with Crippen molar-refractivity contribution in [2.45, 2.75) is 40.3 Å². The Labute approximate surface area is 124 Å². The zero-order valence-electron chi connectivity index (χ0n) is 12.9. The molecule has 0 aliphatic heterocycles. The first-order valence-corrected chi connectivity index (χ1v) is 6.99. The molecule has 1 heterocycles. The Bertz CT molecular complexity index is 614. The van der Waals surface area contributed by atoms with Gasteiger partial charge in [0.25, 0.3) is 0 Å². The molecular formula is C16H21N3O2. The van der Waals surface area contributed by atoms with Crippen LogP contribution in [0.2, 0.25) is 0 Å². The average molecular weight is 287 g/mol. The minimum atomic E-state index is -0.226. The highest BCUT2D eigenvalue weighted by atomic mass is 16.5. The van der Waals surface area contributed by atoms with Gasteiger partial charge in [0, 0.05) is 6.07 Å². The van der Waals surface area contributed by atoms with E-state index in [9.17, 15) is 4.79 Å². The van der Waals surface area contributed by atoms with Crippen molar-refractivity contribution in [3.05, 3.63) is 52.4 Å². The molecule has 0 unspecified atom stereocenters. The third-order valence-electron chi connectivity index (χ3n) is 3.19. The van der Waals surface area contributed by atoms with E-state index in [4.69, 9.17) is 4.52 Å². The molecule has 2 amide bonds. The molecule has 0 fully saturated rings. The second kappa shape index (κ2) is 6.43. The first kappa shape index (κ1) is 15.1. The summed E-state index contributed by atoms with van der Waals surface area (Å²) in [6.07, 6.45) is 0. The van der Waals surface area contributed by atoms with Crippen LogP contribution in [0.5, 0.6) is 0 Å². The number of carbonyl (C=O) groups excluding carboxylic acids is 1. The summed E-state index contributed by atoms with van der Waals surface area (Å²) < 4.78 is 5.04. The fourth-order valence-electron chi connectivity index (χ4n) is 2.26. The SMILES string of the molecule is Cc1cc(C)cc([C@H](C)NC(=O)NCc2cc(C)no2)c1. The highest BCUT2D eigenvalue weighted by molar-refractivity contribution is 5.74. The van der Waals surface area contributed by atoms with Gasteiger partial charge < -0.3 is 15.2 Å². The number of rotatable bonds is 4. The van der Waals surface area contributed by atoms with Crippen LogP contribution in [0.25, 0.3) is 0 Å². The Morgan fingerprint density at radius 1 is 1.19 bits per heavy atom.